The Morgan fingerprint density at radius 1 is 1.53 bits per heavy atom. The molecule has 0 heterocycles. The van der Waals surface area contributed by atoms with Crippen molar-refractivity contribution in [1.29, 1.82) is 0 Å². The van der Waals surface area contributed by atoms with Crippen molar-refractivity contribution in [1.82, 2.24) is 5.32 Å². The van der Waals surface area contributed by atoms with Crippen molar-refractivity contribution in [2.75, 3.05) is 12.3 Å². The first-order valence-corrected chi connectivity index (χ1v) is 5.89. The van der Waals surface area contributed by atoms with Gasteiger partial charge in [-0.1, -0.05) is 6.92 Å². The van der Waals surface area contributed by atoms with E-state index in [1.54, 1.807) is 0 Å². The number of benzene rings is 1. The van der Waals surface area contributed by atoms with Crippen molar-refractivity contribution >= 4 is 11.6 Å². The molecule has 3 N–H and O–H groups in total. The molecule has 1 fully saturated rings. The Morgan fingerprint density at radius 2 is 2.24 bits per heavy atom. The van der Waals surface area contributed by atoms with E-state index < -0.39 is 5.82 Å². The fourth-order valence-corrected chi connectivity index (χ4v) is 1.94. The van der Waals surface area contributed by atoms with E-state index in [0.29, 0.717) is 17.5 Å². The van der Waals surface area contributed by atoms with Crippen LogP contribution >= 0.6 is 0 Å². The number of nitrogen functional groups attached to an aromatic ring is 1. The highest BCUT2D eigenvalue weighted by Gasteiger charge is 2.40. The van der Waals surface area contributed by atoms with Gasteiger partial charge in [0.05, 0.1) is 5.56 Å². The zero-order valence-corrected chi connectivity index (χ0v) is 9.92. The predicted molar refractivity (Wildman–Crippen MR) is 65.1 cm³/mol. The van der Waals surface area contributed by atoms with Crippen molar-refractivity contribution < 1.29 is 9.18 Å². The summed E-state index contributed by atoms with van der Waals surface area (Å²) in [6.45, 7) is 2.81. The number of carbonyl (C=O) groups is 1. The largest absolute Gasteiger partial charge is 0.398 e. The highest BCUT2D eigenvalue weighted by atomic mass is 19.1. The maximum Gasteiger partial charge on any atom is 0.253 e. The first kappa shape index (κ1) is 11.9. The van der Waals surface area contributed by atoms with Crippen LogP contribution in [0.4, 0.5) is 10.1 Å². The summed E-state index contributed by atoms with van der Waals surface area (Å²) in [6.07, 6.45) is 3.41. The summed E-state index contributed by atoms with van der Waals surface area (Å²) < 4.78 is 12.8. The van der Waals surface area contributed by atoms with Gasteiger partial charge in [-0.05, 0) is 42.9 Å². The van der Waals surface area contributed by atoms with E-state index in [4.69, 9.17) is 5.73 Å². The van der Waals surface area contributed by atoms with Crippen LogP contribution in [0.3, 0.4) is 0 Å². The third-order valence-electron chi connectivity index (χ3n) is 3.59. The molecule has 3 nitrogen and oxygen atoms in total. The molecule has 0 aromatic heterocycles. The summed E-state index contributed by atoms with van der Waals surface area (Å²) in [5.41, 5.74) is 6.43. The Labute approximate surface area is 100 Å². The van der Waals surface area contributed by atoms with Crippen LogP contribution in [0, 0.1) is 11.2 Å². The zero-order chi connectivity index (χ0) is 12.5. The summed E-state index contributed by atoms with van der Waals surface area (Å²) in [5.74, 6) is -0.645. The van der Waals surface area contributed by atoms with Crippen LogP contribution < -0.4 is 11.1 Å². The summed E-state index contributed by atoms with van der Waals surface area (Å²) in [5, 5.41) is 2.87. The molecule has 1 aliphatic rings. The van der Waals surface area contributed by atoms with Crippen molar-refractivity contribution in [3.63, 3.8) is 0 Å². The monoisotopic (exact) mass is 236 g/mol. The number of amides is 1. The van der Waals surface area contributed by atoms with Gasteiger partial charge in [0, 0.05) is 12.2 Å². The molecule has 0 unspecified atom stereocenters. The van der Waals surface area contributed by atoms with Crippen LogP contribution in [0.2, 0.25) is 0 Å². The van der Waals surface area contributed by atoms with Crippen LogP contribution in [0.25, 0.3) is 0 Å². The second-order valence-corrected chi connectivity index (χ2v) is 4.77. The number of nitrogens with two attached hydrogens (primary N) is 1. The van der Waals surface area contributed by atoms with E-state index in [1.165, 1.54) is 31.0 Å². The second-order valence-electron chi connectivity index (χ2n) is 4.77. The molecule has 92 valence electrons. The standard InChI is InChI=1S/C13H17FN2O/c1-2-13(5-6-13)8-16-12(17)10-4-3-9(14)7-11(10)15/h3-4,7H,2,5-6,8,15H2,1H3,(H,16,17). The lowest BCUT2D eigenvalue weighted by atomic mass is 10.0. The Kier molecular flexibility index (Phi) is 3.05. The molecule has 1 amide bonds. The molecule has 1 aromatic rings. The molecule has 0 radical (unpaired) electrons. The predicted octanol–water partition coefficient (Wildman–Crippen LogP) is 2.33. The highest BCUT2D eigenvalue weighted by molar-refractivity contribution is 5.99. The molecule has 0 atom stereocenters. The van der Waals surface area contributed by atoms with Crippen molar-refractivity contribution in [3.8, 4) is 0 Å². The van der Waals surface area contributed by atoms with Gasteiger partial charge in [0.15, 0.2) is 0 Å². The SMILES string of the molecule is CCC1(CNC(=O)c2ccc(F)cc2N)CC1. The molecule has 0 aliphatic heterocycles. The summed E-state index contributed by atoms with van der Waals surface area (Å²) in [6, 6.07) is 3.84. The smallest absolute Gasteiger partial charge is 0.253 e. The van der Waals surface area contributed by atoms with Gasteiger partial charge in [0.1, 0.15) is 5.82 Å². The van der Waals surface area contributed by atoms with Crippen molar-refractivity contribution in [2.45, 2.75) is 26.2 Å². The minimum absolute atomic E-state index is 0.184. The minimum atomic E-state index is -0.425. The lowest BCUT2D eigenvalue weighted by Crippen LogP contribution is -2.30. The molecule has 1 aromatic carbocycles. The number of carbonyl (C=O) groups excluding carboxylic acids is 1. The Hall–Kier alpha value is -1.58. The average molecular weight is 236 g/mol. The normalized spacial score (nSPS) is 16.6. The van der Waals surface area contributed by atoms with Gasteiger partial charge in [0.2, 0.25) is 0 Å². The van der Waals surface area contributed by atoms with Gasteiger partial charge in [-0.2, -0.15) is 0 Å². The van der Waals surface area contributed by atoms with E-state index in [9.17, 15) is 9.18 Å². The first-order valence-electron chi connectivity index (χ1n) is 5.89. The fourth-order valence-electron chi connectivity index (χ4n) is 1.94. The lowest BCUT2D eigenvalue weighted by molar-refractivity contribution is 0.0945. The van der Waals surface area contributed by atoms with Gasteiger partial charge in [-0.25, -0.2) is 4.39 Å². The van der Waals surface area contributed by atoms with Gasteiger partial charge in [0.25, 0.3) is 5.91 Å². The van der Waals surface area contributed by atoms with E-state index in [0.717, 1.165) is 6.42 Å². The van der Waals surface area contributed by atoms with Crippen LogP contribution in [-0.4, -0.2) is 12.5 Å². The van der Waals surface area contributed by atoms with Gasteiger partial charge < -0.3 is 11.1 Å². The third kappa shape index (κ3) is 2.57. The average Bonchev–Trinajstić information content (AvgIpc) is 3.07. The quantitative estimate of drug-likeness (QED) is 0.788. The molecule has 2 rings (SSSR count). The molecule has 0 saturated heterocycles. The maximum atomic E-state index is 12.8. The number of hydrogen-bond donors (Lipinski definition) is 2. The number of hydrogen-bond acceptors (Lipinski definition) is 2. The van der Waals surface area contributed by atoms with Crippen LogP contribution in [0.1, 0.15) is 36.5 Å². The molecule has 0 spiro atoms. The Bertz CT molecular complexity index is 441. The number of rotatable bonds is 4. The summed E-state index contributed by atoms with van der Waals surface area (Å²) >= 11 is 0. The van der Waals surface area contributed by atoms with Crippen LogP contribution in [-0.2, 0) is 0 Å². The molecule has 1 aliphatic carbocycles. The summed E-state index contributed by atoms with van der Waals surface area (Å²) in [7, 11) is 0. The number of nitrogens with one attached hydrogen (secondary N) is 1. The minimum Gasteiger partial charge on any atom is -0.398 e. The molecular formula is C13H17FN2O. The molecule has 1 saturated carbocycles. The lowest BCUT2D eigenvalue weighted by Gasteiger charge is -2.14. The topological polar surface area (TPSA) is 55.1 Å². The van der Waals surface area contributed by atoms with Gasteiger partial charge >= 0.3 is 0 Å². The first-order chi connectivity index (χ1) is 8.06. The Balaban J connectivity index is 2.00. The van der Waals surface area contributed by atoms with E-state index >= 15 is 0 Å². The van der Waals surface area contributed by atoms with Gasteiger partial charge in [-0.3, -0.25) is 4.79 Å². The van der Waals surface area contributed by atoms with Crippen LogP contribution in [0.15, 0.2) is 18.2 Å². The molecule has 0 bridgehead atoms. The van der Waals surface area contributed by atoms with Gasteiger partial charge in [-0.15, -0.1) is 0 Å². The molecular weight excluding hydrogens is 219 g/mol. The zero-order valence-electron chi connectivity index (χ0n) is 9.92. The van der Waals surface area contributed by atoms with Crippen molar-refractivity contribution in [3.05, 3.63) is 29.6 Å². The van der Waals surface area contributed by atoms with E-state index in [1.807, 2.05) is 0 Å². The number of anilines is 1. The van der Waals surface area contributed by atoms with E-state index in [-0.39, 0.29) is 11.6 Å². The molecule has 17 heavy (non-hydrogen) atoms. The van der Waals surface area contributed by atoms with Crippen molar-refractivity contribution in [2.24, 2.45) is 5.41 Å². The summed E-state index contributed by atoms with van der Waals surface area (Å²) in [4.78, 5) is 11.9. The fraction of sp³-hybridized carbons (Fsp3) is 0.462. The second kappa shape index (κ2) is 4.35. The van der Waals surface area contributed by atoms with Crippen LogP contribution in [0.5, 0.6) is 0 Å². The maximum absolute atomic E-state index is 12.8. The third-order valence-corrected chi connectivity index (χ3v) is 3.59. The number of halogens is 1. The van der Waals surface area contributed by atoms with E-state index in [2.05, 4.69) is 12.2 Å². The Morgan fingerprint density at radius 3 is 2.76 bits per heavy atom. The highest BCUT2D eigenvalue weighted by Crippen LogP contribution is 2.47. The molecule has 4 heteroatoms.